The third kappa shape index (κ3) is 5.29. The molecule has 1 aliphatic carbocycles. The molecule has 31 heavy (non-hydrogen) atoms. The minimum Gasteiger partial charge on any atom is -0.415 e. The first kappa shape index (κ1) is 22.5. The van der Waals surface area contributed by atoms with Crippen LogP contribution in [-0.2, 0) is 0 Å². The number of carbonyl (C=O) groups excluding carboxylic acids is 1. The SMILES string of the molecule is Cc1ccc(NC(=O)N(c2ccccc2C(C)C)[C@H]2C[C@@H](CC#N)C2)c(OC(F)F)n1. The number of halogens is 2. The van der Waals surface area contributed by atoms with Gasteiger partial charge in [0.2, 0.25) is 5.88 Å². The van der Waals surface area contributed by atoms with Crippen molar-refractivity contribution in [2.45, 2.75) is 58.6 Å². The van der Waals surface area contributed by atoms with E-state index in [0.29, 0.717) is 25.0 Å². The molecule has 1 aromatic carbocycles. The van der Waals surface area contributed by atoms with E-state index in [-0.39, 0.29) is 29.4 Å². The number of nitriles is 1. The average molecular weight is 428 g/mol. The molecule has 1 heterocycles. The third-order valence-corrected chi connectivity index (χ3v) is 5.43. The molecule has 0 atom stereocenters. The molecule has 0 aliphatic heterocycles. The van der Waals surface area contributed by atoms with Crippen molar-refractivity contribution in [3.63, 3.8) is 0 Å². The van der Waals surface area contributed by atoms with Crippen LogP contribution in [0.5, 0.6) is 5.88 Å². The quantitative estimate of drug-likeness (QED) is 0.600. The number of benzene rings is 1. The molecule has 3 rings (SSSR count). The highest BCUT2D eigenvalue weighted by Gasteiger charge is 2.38. The van der Waals surface area contributed by atoms with Crippen LogP contribution in [0.25, 0.3) is 0 Å². The largest absolute Gasteiger partial charge is 0.415 e. The number of amides is 2. The van der Waals surface area contributed by atoms with Crippen LogP contribution in [-0.4, -0.2) is 23.7 Å². The number of hydrogen-bond donors (Lipinski definition) is 1. The van der Waals surface area contributed by atoms with Crippen molar-refractivity contribution in [3.05, 3.63) is 47.7 Å². The number of pyridine rings is 1. The van der Waals surface area contributed by atoms with Crippen LogP contribution in [0, 0.1) is 24.2 Å². The Labute approximate surface area is 180 Å². The van der Waals surface area contributed by atoms with Crippen molar-refractivity contribution in [2.75, 3.05) is 10.2 Å². The molecular weight excluding hydrogens is 402 g/mol. The van der Waals surface area contributed by atoms with Crippen molar-refractivity contribution in [3.8, 4) is 11.9 Å². The normalized spacial score (nSPS) is 17.7. The van der Waals surface area contributed by atoms with Gasteiger partial charge in [-0.2, -0.15) is 14.0 Å². The van der Waals surface area contributed by atoms with E-state index in [9.17, 15) is 13.6 Å². The standard InChI is InChI=1S/C23H26F2N4O2/c1-14(2)18-6-4-5-7-20(18)29(17-12-16(13-17)10-11-26)23(30)28-19-9-8-15(3)27-21(19)31-22(24)25/h4-9,14,16-17,22H,10,12-13H2,1-3H3,(H,28,30)/t16-,17+. The lowest BCUT2D eigenvalue weighted by Crippen LogP contribution is -2.50. The number of ether oxygens (including phenoxy) is 1. The van der Waals surface area contributed by atoms with Crippen molar-refractivity contribution in [2.24, 2.45) is 5.92 Å². The number of nitrogens with zero attached hydrogens (tertiary/aromatic N) is 3. The lowest BCUT2D eigenvalue weighted by molar-refractivity contribution is -0.0523. The molecule has 1 aliphatic rings. The van der Waals surface area contributed by atoms with Crippen LogP contribution < -0.4 is 15.0 Å². The fourth-order valence-electron chi connectivity index (χ4n) is 3.85. The number of para-hydroxylation sites is 1. The molecule has 1 saturated carbocycles. The smallest absolute Gasteiger partial charge is 0.388 e. The Morgan fingerprint density at radius 3 is 2.65 bits per heavy atom. The van der Waals surface area contributed by atoms with Gasteiger partial charge in [-0.1, -0.05) is 32.0 Å². The van der Waals surface area contributed by atoms with E-state index in [1.807, 2.05) is 38.1 Å². The van der Waals surface area contributed by atoms with Crippen LogP contribution in [0.1, 0.15) is 50.3 Å². The van der Waals surface area contributed by atoms with Crippen LogP contribution in [0.3, 0.4) is 0 Å². The number of hydrogen-bond acceptors (Lipinski definition) is 4. The Hall–Kier alpha value is -3.21. The monoisotopic (exact) mass is 428 g/mol. The molecule has 0 saturated heterocycles. The summed E-state index contributed by atoms with van der Waals surface area (Å²) in [5.41, 5.74) is 2.35. The lowest BCUT2D eigenvalue weighted by Gasteiger charge is -2.43. The molecule has 164 valence electrons. The van der Waals surface area contributed by atoms with E-state index in [0.717, 1.165) is 11.3 Å². The Bertz CT molecular complexity index is 968. The molecule has 1 N–H and O–H groups in total. The molecule has 0 bridgehead atoms. The van der Waals surface area contributed by atoms with Crippen molar-refractivity contribution < 1.29 is 18.3 Å². The van der Waals surface area contributed by atoms with Gasteiger partial charge in [-0.15, -0.1) is 0 Å². The maximum Gasteiger partial charge on any atom is 0.388 e. The molecule has 0 spiro atoms. The Balaban J connectivity index is 1.92. The minimum absolute atomic E-state index is 0.0795. The lowest BCUT2D eigenvalue weighted by atomic mass is 9.77. The second-order valence-electron chi connectivity index (χ2n) is 8.05. The van der Waals surface area contributed by atoms with Crippen LogP contribution in [0.4, 0.5) is 25.0 Å². The minimum atomic E-state index is -3.05. The Morgan fingerprint density at radius 1 is 1.29 bits per heavy atom. The van der Waals surface area contributed by atoms with Gasteiger partial charge >= 0.3 is 12.6 Å². The number of rotatable bonds is 7. The van der Waals surface area contributed by atoms with E-state index >= 15 is 0 Å². The number of alkyl halides is 2. The van der Waals surface area contributed by atoms with Gasteiger partial charge in [0, 0.05) is 23.8 Å². The summed E-state index contributed by atoms with van der Waals surface area (Å²) in [6.07, 6.45) is 1.87. The molecule has 1 fully saturated rings. The Morgan fingerprint density at radius 2 is 2.00 bits per heavy atom. The van der Waals surface area contributed by atoms with Crippen molar-refractivity contribution >= 4 is 17.4 Å². The van der Waals surface area contributed by atoms with Gasteiger partial charge in [0.05, 0.1) is 6.07 Å². The maximum absolute atomic E-state index is 13.4. The van der Waals surface area contributed by atoms with E-state index in [1.54, 1.807) is 17.9 Å². The highest BCUT2D eigenvalue weighted by molar-refractivity contribution is 6.03. The molecule has 1 aromatic heterocycles. The summed E-state index contributed by atoms with van der Waals surface area (Å²) in [5.74, 6) is 0.104. The highest BCUT2D eigenvalue weighted by atomic mass is 19.3. The van der Waals surface area contributed by atoms with Gasteiger partial charge in [0.1, 0.15) is 5.69 Å². The molecule has 0 unspecified atom stereocenters. The van der Waals surface area contributed by atoms with E-state index in [2.05, 4.69) is 21.1 Å². The molecule has 2 aromatic rings. The summed E-state index contributed by atoms with van der Waals surface area (Å²) in [6.45, 7) is 2.69. The van der Waals surface area contributed by atoms with Gasteiger partial charge < -0.3 is 10.1 Å². The van der Waals surface area contributed by atoms with Crippen LogP contribution in [0.15, 0.2) is 36.4 Å². The fourth-order valence-corrected chi connectivity index (χ4v) is 3.85. The van der Waals surface area contributed by atoms with Crippen LogP contribution in [0.2, 0.25) is 0 Å². The van der Waals surface area contributed by atoms with Crippen molar-refractivity contribution in [1.82, 2.24) is 4.98 Å². The Kier molecular flexibility index (Phi) is 7.06. The summed E-state index contributed by atoms with van der Waals surface area (Å²) in [4.78, 5) is 19.1. The molecule has 8 heteroatoms. The van der Waals surface area contributed by atoms with E-state index < -0.39 is 12.6 Å². The number of nitrogens with one attached hydrogen (secondary N) is 1. The zero-order chi connectivity index (χ0) is 22.5. The summed E-state index contributed by atoms with van der Waals surface area (Å²) >= 11 is 0. The first-order valence-electron chi connectivity index (χ1n) is 10.3. The van der Waals surface area contributed by atoms with E-state index in [1.165, 1.54) is 6.07 Å². The zero-order valence-electron chi connectivity index (χ0n) is 17.8. The van der Waals surface area contributed by atoms with Gasteiger partial charge in [0.25, 0.3) is 0 Å². The maximum atomic E-state index is 13.4. The first-order valence-corrected chi connectivity index (χ1v) is 10.3. The number of aromatic nitrogens is 1. The molecule has 2 amide bonds. The predicted molar refractivity (Wildman–Crippen MR) is 114 cm³/mol. The van der Waals surface area contributed by atoms with Gasteiger partial charge in [0.15, 0.2) is 0 Å². The molecule has 6 nitrogen and oxygen atoms in total. The average Bonchev–Trinajstić information content (AvgIpc) is 2.68. The van der Waals surface area contributed by atoms with Crippen molar-refractivity contribution in [1.29, 1.82) is 5.26 Å². The number of aryl methyl sites for hydroxylation is 1. The van der Waals surface area contributed by atoms with E-state index in [4.69, 9.17) is 5.26 Å². The number of carbonyl (C=O) groups is 1. The fraction of sp³-hybridized carbons (Fsp3) is 0.435. The molecular formula is C23H26F2N4O2. The summed E-state index contributed by atoms with van der Waals surface area (Å²) < 4.78 is 30.2. The van der Waals surface area contributed by atoms with Gasteiger partial charge in [-0.3, -0.25) is 4.90 Å². The topological polar surface area (TPSA) is 78.2 Å². The number of urea groups is 1. The van der Waals surface area contributed by atoms with Gasteiger partial charge in [-0.25, -0.2) is 9.78 Å². The second kappa shape index (κ2) is 9.73. The zero-order valence-corrected chi connectivity index (χ0v) is 17.8. The summed E-state index contributed by atoms with van der Waals surface area (Å²) in [7, 11) is 0. The van der Waals surface area contributed by atoms with Gasteiger partial charge in [-0.05, 0) is 55.4 Å². The summed E-state index contributed by atoms with van der Waals surface area (Å²) in [5, 5.41) is 11.7. The number of anilines is 2. The molecule has 0 radical (unpaired) electrons. The third-order valence-electron chi connectivity index (χ3n) is 5.43. The van der Waals surface area contributed by atoms with Crippen LogP contribution >= 0.6 is 0 Å². The summed E-state index contributed by atoms with van der Waals surface area (Å²) in [6, 6.07) is 12.4. The highest BCUT2D eigenvalue weighted by Crippen LogP contribution is 2.39. The first-order chi connectivity index (χ1) is 14.8. The predicted octanol–water partition coefficient (Wildman–Crippen LogP) is 5.85. The second-order valence-corrected chi connectivity index (χ2v) is 8.05.